The summed E-state index contributed by atoms with van der Waals surface area (Å²) < 4.78 is 0. The monoisotopic (exact) mass is 273 g/mol. The Kier molecular flexibility index (Phi) is 3.29. The van der Waals surface area contributed by atoms with Gasteiger partial charge in [0.1, 0.15) is 5.69 Å². The van der Waals surface area contributed by atoms with Crippen molar-refractivity contribution in [2.75, 3.05) is 11.9 Å². The van der Waals surface area contributed by atoms with Gasteiger partial charge in [0.25, 0.3) is 0 Å². The Hall–Kier alpha value is -1.75. The van der Waals surface area contributed by atoms with E-state index in [0.717, 1.165) is 33.7 Å². The molecule has 0 spiro atoms. The lowest BCUT2D eigenvalue weighted by molar-refractivity contribution is 0.102. The van der Waals surface area contributed by atoms with Gasteiger partial charge in [-0.05, 0) is 37.8 Å². The molecule has 4 nitrogen and oxygen atoms in total. The van der Waals surface area contributed by atoms with Crippen LogP contribution < -0.4 is 5.32 Å². The number of ketones is 1. The van der Waals surface area contributed by atoms with E-state index in [1.54, 1.807) is 19.3 Å². The highest BCUT2D eigenvalue weighted by Gasteiger charge is 2.21. The number of carbonyl (C=O) groups is 1. The van der Waals surface area contributed by atoms with Gasteiger partial charge in [0.2, 0.25) is 0 Å². The number of anilines is 1. The molecular formula is C14H15N3OS. The fraction of sp³-hybridized carbons (Fsp3) is 0.357. The second kappa shape index (κ2) is 5.09. The fourth-order valence-corrected chi connectivity index (χ4v) is 2.76. The van der Waals surface area contributed by atoms with Crippen molar-refractivity contribution in [3.05, 3.63) is 29.4 Å². The molecule has 1 aliphatic rings. The average Bonchev–Trinajstić information content (AvgIpc) is 3.11. The Morgan fingerprint density at radius 2 is 2.16 bits per heavy atom. The van der Waals surface area contributed by atoms with Crippen molar-refractivity contribution in [1.29, 1.82) is 0 Å². The van der Waals surface area contributed by atoms with Crippen LogP contribution in [0.15, 0.2) is 24.5 Å². The minimum atomic E-state index is 0.0904. The first-order chi connectivity index (χ1) is 9.24. The summed E-state index contributed by atoms with van der Waals surface area (Å²) in [5.74, 6) is 1.69. The van der Waals surface area contributed by atoms with E-state index in [4.69, 9.17) is 0 Å². The third-order valence-electron chi connectivity index (χ3n) is 3.14. The molecule has 3 rings (SSSR count). The van der Waals surface area contributed by atoms with Crippen molar-refractivity contribution in [1.82, 2.24) is 9.97 Å². The molecule has 98 valence electrons. The largest absolute Gasteiger partial charge is 0.368 e. The summed E-state index contributed by atoms with van der Waals surface area (Å²) in [7, 11) is 0. The molecule has 0 bridgehead atoms. The maximum Gasteiger partial charge on any atom is 0.169 e. The summed E-state index contributed by atoms with van der Waals surface area (Å²) in [6, 6.07) is 3.79. The van der Waals surface area contributed by atoms with Crippen LogP contribution in [0.4, 0.5) is 5.82 Å². The highest BCUT2D eigenvalue weighted by Crippen LogP contribution is 2.33. The number of Topliss-reactive ketones (excluding diaryl/α,β-unsaturated/α-hetero) is 1. The number of aromatic nitrogens is 2. The van der Waals surface area contributed by atoms with Crippen LogP contribution in [0.3, 0.4) is 0 Å². The molecule has 1 fully saturated rings. The van der Waals surface area contributed by atoms with Crippen molar-refractivity contribution < 1.29 is 4.79 Å². The molecule has 2 aromatic heterocycles. The number of hydrogen-bond donors (Lipinski definition) is 1. The van der Waals surface area contributed by atoms with Crippen LogP contribution in [0.2, 0.25) is 0 Å². The topological polar surface area (TPSA) is 54.9 Å². The normalized spacial score (nSPS) is 14.4. The molecule has 0 unspecified atom stereocenters. The first-order valence-electron chi connectivity index (χ1n) is 6.40. The Morgan fingerprint density at radius 1 is 1.37 bits per heavy atom. The predicted molar refractivity (Wildman–Crippen MR) is 76.6 cm³/mol. The van der Waals surface area contributed by atoms with Crippen molar-refractivity contribution in [3.8, 4) is 10.6 Å². The van der Waals surface area contributed by atoms with Crippen LogP contribution in [0.5, 0.6) is 0 Å². The van der Waals surface area contributed by atoms with E-state index in [0.29, 0.717) is 0 Å². The Labute approximate surface area is 115 Å². The van der Waals surface area contributed by atoms with Crippen molar-refractivity contribution in [2.45, 2.75) is 19.8 Å². The quantitative estimate of drug-likeness (QED) is 0.850. The summed E-state index contributed by atoms with van der Waals surface area (Å²) in [5.41, 5.74) is 0.834. The van der Waals surface area contributed by atoms with Crippen LogP contribution >= 0.6 is 11.3 Å². The van der Waals surface area contributed by atoms with Gasteiger partial charge in [-0.1, -0.05) is 0 Å². The maximum atomic E-state index is 11.4. The standard InChI is InChI=1S/C14H15N3OS/c1-9(18)11-4-5-12(19-11)13-14(16-7-6-15-13)17-8-10-2-3-10/h4-7,10H,2-3,8H2,1H3,(H,16,17). The predicted octanol–water partition coefficient (Wildman–Crippen LogP) is 3.23. The molecule has 1 saturated carbocycles. The van der Waals surface area contributed by atoms with E-state index in [-0.39, 0.29) is 5.78 Å². The molecular weight excluding hydrogens is 258 g/mol. The van der Waals surface area contributed by atoms with Gasteiger partial charge in [-0.2, -0.15) is 0 Å². The maximum absolute atomic E-state index is 11.4. The molecule has 0 aliphatic heterocycles. The van der Waals surface area contributed by atoms with Crippen LogP contribution in [-0.2, 0) is 0 Å². The molecule has 2 heterocycles. The lowest BCUT2D eigenvalue weighted by Crippen LogP contribution is -2.06. The van der Waals surface area contributed by atoms with Crippen LogP contribution in [0.25, 0.3) is 10.6 Å². The summed E-state index contributed by atoms with van der Waals surface area (Å²) in [6.07, 6.45) is 5.98. The van der Waals surface area contributed by atoms with Gasteiger partial charge >= 0.3 is 0 Å². The van der Waals surface area contributed by atoms with Crippen LogP contribution in [0.1, 0.15) is 29.4 Å². The van der Waals surface area contributed by atoms with Gasteiger partial charge in [0.05, 0.1) is 9.75 Å². The molecule has 0 saturated heterocycles. The van der Waals surface area contributed by atoms with Gasteiger partial charge in [-0.15, -0.1) is 11.3 Å². The minimum Gasteiger partial charge on any atom is -0.368 e. The Balaban J connectivity index is 1.86. The SMILES string of the molecule is CC(=O)c1ccc(-c2nccnc2NCC2CC2)s1. The Morgan fingerprint density at radius 3 is 2.84 bits per heavy atom. The summed E-state index contributed by atoms with van der Waals surface area (Å²) in [5, 5.41) is 3.36. The van der Waals surface area contributed by atoms with E-state index in [9.17, 15) is 4.79 Å². The highest BCUT2D eigenvalue weighted by molar-refractivity contribution is 7.17. The Bertz CT molecular complexity index is 604. The molecule has 19 heavy (non-hydrogen) atoms. The average molecular weight is 273 g/mol. The number of carbonyl (C=O) groups excluding carboxylic acids is 1. The highest BCUT2D eigenvalue weighted by atomic mass is 32.1. The van der Waals surface area contributed by atoms with Gasteiger partial charge < -0.3 is 5.32 Å². The lowest BCUT2D eigenvalue weighted by Gasteiger charge is -2.07. The van der Waals surface area contributed by atoms with E-state index in [1.165, 1.54) is 24.2 Å². The number of nitrogens with zero attached hydrogens (tertiary/aromatic N) is 2. The summed E-state index contributed by atoms with van der Waals surface area (Å²) >= 11 is 1.47. The van der Waals surface area contributed by atoms with Crippen LogP contribution in [0, 0.1) is 5.92 Å². The zero-order valence-electron chi connectivity index (χ0n) is 10.7. The summed E-state index contributed by atoms with van der Waals surface area (Å²) in [6.45, 7) is 2.54. The van der Waals surface area contributed by atoms with Gasteiger partial charge in [0, 0.05) is 18.9 Å². The van der Waals surface area contributed by atoms with E-state index in [1.807, 2.05) is 12.1 Å². The van der Waals surface area contributed by atoms with Crippen molar-refractivity contribution in [3.63, 3.8) is 0 Å². The van der Waals surface area contributed by atoms with E-state index in [2.05, 4.69) is 15.3 Å². The first-order valence-corrected chi connectivity index (χ1v) is 7.21. The second-order valence-corrected chi connectivity index (χ2v) is 5.88. The van der Waals surface area contributed by atoms with Crippen molar-refractivity contribution in [2.24, 2.45) is 5.92 Å². The van der Waals surface area contributed by atoms with Crippen LogP contribution in [-0.4, -0.2) is 22.3 Å². The molecule has 0 radical (unpaired) electrons. The molecule has 0 atom stereocenters. The minimum absolute atomic E-state index is 0.0904. The smallest absolute Gasteiger partial charge is 0.169 e. The zero-order valence-corrected chi connectivity index (χ0v) is 11.5. The van der Waals surface area contributed by atoms with E-state index < -0.39 is 0 Å². The third-order valence-corrected chi connectivity index (χ3v) is 4.33. The summed E-state index contributed by atoms with van der Waals surface area (Å²) in [4.78, 5) is 21.8. The van der Waals surface area contributed by atoms with Gasteiger partial charge in [0.15, 0.2) is 11.6 Å². The molecule has 1 N–H and O–H groups in total. The fourth-order valence-electron chi connectivity index (χ4n) is 1.87. The van der Waals surface area contributed by atoms with Gasteiger partial charge in [-0.25, -0.2) is 9.97 Å². The number of hydrogen-bond acceptors (Lipinski definition) is 5. The zero-order chi connectivity index (χ0) is 13.2. The second-order valence-electron chi connectivity index (χ2n) is 4.80. The first kappa shape index (κ1) is 12.3. The molecule has 1 aliphatic carbocycles. The number of rotatable bonds is 5. The van der Waals surface area contributed by atoms with E-state index >= 15 is 0 Å². The number of nitrogens with one attached hydrogen (secondary N) is 1. The molecule has 2 aromatic rings. The molecule has 0 aromatic carbocycles. The molecule has 5 heteroatoms. The molecule has 0 amide bonds. The third kappa shape index (κ3) is 2.81. The van der Waals surface area contributed by atoms with Gasteiger partial charge in [-0.3, -0.25) is 4.79 Å². The lowest BCUT2D eigenvalue weighted by atomic mass is 10.3. The number of thiophene rings is 1. The van der Waals surface area contributed by atoms with Crippen molar-refractivity contribution >= 4 is 22.9 Å².